The van der Waals surface area contributed by atoms with Gasteiger partial charge in [-0.15, -0.1) is 0 Å². The Labute approximate surface area is 146 Å². The van der Waals surface area contributed by atoms with Crippen molar-refractivity contribution in [3.63, 3.8) is 0 Å². The predicted molar refractivity (Wildman–Crippen MR) is 93.4 cm³/mol. The fourth-order valence-corrected chi connectivity index (χ4v) is 3.86. The summed E-state index contributed by atoms with van der Waals surface area (Å²) in [7, 11) is -3.73. The SMILES string of the molecule is O=C(NC1CC1)c1cccc(NS(=O)(=O)c2ccc3c(c2)CCO3)c1. The van der Waals surface area contributed by atoms with Gasteiger partial charge in [0.05, 0.1) is 11.5 Å². The fraction of sp³-hybridized carbons (Fsp3) is 0.278. The van der Waals surface area contributed by atoms with Gasteiger partial charge >= 0.3 is 0 Å². The minimum absolute atomic E-state index is 0.182. The van der Waals surface area contributed by atoms with Crippen molar-refractivity contribution in [1.82, 2.24) is 5.32 Å². The van der Waals surface area contributed by atoms with Crippen LogP contribution in [0.1, 0.15) is 28.8 Å². The minimum Gasteiger partial charge on any atom is -0.493 e. The van der Waals surface area contributed by atoms with Crippen LogP contribution in [0, 0.1) is 0 Å². The van der Waals surface area contributed by atoms with E-state index in [4.69, 9.17) is 4.74 Å². The number of hydrogen-bond donors (Lipinski definition) is 2. The summed E-state index contributed by atoms with van der Waals surface area (Å²) in [5, 5.41) is 2.89. The molecule has 2 aromatic carbocycles. The van der Waals surface area contributed by atoms with Crippen LogP contribution in [0.2, 0.25) is 0 Å². The maximum Gasteiger partial charge on any atom is 0.261 e. The molecule has 25 heavy (non-hydrogen) atoms. The van der Waals surface area contributed by atoms with Gasteiger partial charge in [-0.3, -0.25) is 9.52 Å². The number of fused-ring (bicyclic) bond motifs is 1. The summed E-state index contributed by atoms with van der Waals surface area (Å²) in [5.41, 5.74) is 1.69. The van der Waals surface area contributed by atoms with Gasteiger partial charge < -0.3 is 10.1 Å². The zero-order chi connectivity index (χ0) is 17.4. The lowest BCUT2D eigenvalue weighted by atomic mass is 10.2. The van der Waals surface area contributed by atoms with E-state index < -0.39 is 10.0 Å². The van der Waals surface area contributed by atoms with Gasteiger partial charge in [-0.2, -0.15) is 0 Å². The zero-order valence-electron chi connectivity index (χ0n) is 13.5. The summed E-state index contributed by atoms with van der Waals surface area (Å²) in [6.07, 6.45) is 2.70. The Morgan fingerprint density at radius 3 is 2.76 bits per heavy atom. The van der Waals surface area contributed by atoms with E-state index in [0.29, 0.717) is 24.3 Å². The number of hydrogen-bond acceptors (Lipinski definition) is 4. The van der Waals surface area contributed by atoms with E-state index in [1.165, 1.54) is 6.07 Å². The highest BCUT2D eigenvalue weighted by atomic mass is 32.2. The van der Waals surface area contributed by atoms with Crippen molar-refractivity contribution in [2.45, 2.75) is 30.2 Å². The van der Waals surface area contributed by atoms with E-state index in [-0.39, 0.29) is 16.8 Å². The van der Waals surface area contributed by atoms with Crippen molar-refractivity contribution in [3.05, 3.63) is 53.6 Å². The van der Waals surface area contributed by atoms with Gasteiger partial charge in [0.2, 0.25) is 0 Å². The first-order valence-electron chi connectivity index (χ1n) is 8.21. The molecule has 0 aromatic heterocycles. The smallest absolute Gasteiger partial charge is 0.261 e. The molecule has 1 saturated carbocycles. The molecule has 0 atom stereocenters. The standard InChI is InChI=1S/C18H18N2O4S/c21-18(19-14-4-5-14)13-2-1-3-15(10-13)20-25(22,23)16-6-7-17-12(11-16)8-9-24-17/h1-3,6-7,10-11,14,20H,4-5,8-9H2,(H,19,21). The van der Waals surface area contributed by atoms with Crippen LogP contribution < -0.4 is 14.8 Å². The fourth-order valence-electron chi connectivity index (χ4n) is 2.76. The molecule has 1 aliphatic carbocycles. The molecule has 1 aliphatic heterocycles. The van der Waals surface area contributed by atoms with E-state index in [9.17, 15) is 13.2 Å². The van der Waals surface area contributed by atoms with Gasteiger partial charge in [0.15, 0.2) is 0 Å². The van der Waals surface area contributed by atoms with Crippen LogP contribution in [0.25, 0.3) is 0 Å². The highest BCUT2D eigenvalue weighted by molar-refractivity contribution is 7.92. The molecule has 6 nitrogen and oxygen atoms in total. The Bertz CT molecular complexity index is 936. The summed E-state index contributed by atoms with van der Waals surface area (Å²) in [6, 6.07) is 11.6. The first-order valence-corrected chi connectivity index (χ1v) is 9.69. The van der Waals surface area contributed by atoms with Gasteiger partial charge in [-0.1, -0.05) is 6.07 Å². The first-order chi connectivity index (χ1) is 12.0. The predicted octanol–water partition coefficient (Wildman–Crippen LogP) is 2.31. The molecule has 0 saturated heterocycles. The van der Waals surface area contributed by atoms with Crippen molar-refractivity contribution in [1.29, 1.82) is 0 Å². The van der Waals surface area contributed by atoms with E-state index in [0.717, 1.165) is 24.2 Å². The zero-order valence-corrected chi connectivity index (χ0v) is 14.3. The summed E-state index contributed by atoms with van der Waals surface area (Å²) in [6.45, 7) is 0.574. The lowest BCUT2D eigenvalue weighted by Gasteiger charge is -2.10. The van der Waals surface area contributed by atoms with E-state index in [2.05, 4.69) is 10.0 Å². The average Bonchev–Trinajstić information content (AvgIpc) is 3.27. The number of rotatable bonds is 5. The van der Waals surface area contributed by atoms with E-state index >= 15 is 0 Å². The lowest BCUT2D eigenvalue weighted by molar-refractivity contribution is 0.0951. The number of benzene rings is 2. The van der Waals surface area contributed by atoms with Crippen molar-refractivity contribution < 1.29 is 17.9 Å². The normalized spacial score (nSPS) is 16.0. The number of sulfonamides is 1. The second-order valence-corrected chi connectivity index (χ2v) is 7.98. The molecule has 1 fully saturated rings. The number of carbonyl (C=O) groups is 1. The Balaban J connectivity index is 1.55. The maximum absolute atomic E-state index is 12.6. The Morgan fingerprint density at radius 1 is 1.12 bits per heavy atom. The van der Waals surface area contributed by atoms with Crippen molar-refractivity contribution in [3.8, 4) is 5.75 Å². The van der Waals surface area contributed by atoms with Crippen LogP contribution in [0.5, 0.6) is 5.75 Å². The molecule has 2 aromatic rings. The van der Waals surface area contributed by atoms with E-state index in [1.807, 2.05) is 0 Å². The molecule has 0 bridgehead atoms. The highest BCUT2D eigenvalue weighted by Gasteiger charge is 2.24. The number of amides is 1. The maximum atomic E-state index is 12.6. The van der Waals surface area contributed by atoms with Crippen molar-refractivity contribution >= 4 is 21.6 Å². The lowest BCUT2D eigenvalue weighted by Crippen LogP contribution is -2.25. The van der Waals surface area contributed by atoms with Gasteiger partial charge in [0, 0.05) is 23.7 Å². The third-order valence-corrected chi connectivity index (χ3v) is 5.64. The monoisotopic (exact) mass is 358 g/mol. The van der Waals surface area contributed by atoms with Crippen molar-refractivity contribution in [2.24, 2.45) is 0 Å². The molecule has 1 amide bonds. The second kappa shape index (κ2) is 6.07. The topological polar surface area (TPSA) is 84.5 Å². The molecule has 2 aliphatic rings. The third-order valence-electron chi connectivity index (χ3n) is 4.26. The third kappa shape index (κ3) is 3.46. The molecule has 0 radical (unpaired) electrons. The molecule has 2 N–H and O–H groups in total. The molecule has 0 unspecified atom stereocenters. The number of anilines is 1. The first kappa shape index (κ1) is 16.0. The van der Waals surface area contributed by atoms with Gasteiger partial charge in [-0.25, -0.2) is 8.42 Å². The van der Waals surface area contributed by atoms with Crippen molar-refractivity contribution in [2.75, 3.05) is 11.3 Å². The number of ether oxygens (including phenoxy) is 1. The van der Waals surface area contributed by atoms with Crippen LogP contribution in [0.3, 0.4) is 0 Å². The largest absolute Gasteiger partial charge is 0.493 e. The van der Waals surface area contributed by atoms with Crippen LogP contribution >= 0.6 is 0 Å². The number of carbonyl (C=O) groups excluding carboxylic acids is 1. The number of nitrogens with one attached hydrogen (secondary N) is 2. The van der Waals surface area contributed by atoms with Gasteiger partial charge in [0.25, 0.3) is 15.9 Å². The summed E-state index contributed by atoms with van der Waals surface area (Å²) in [4.78, 5) is 12.3. The van der Waals surface area contributed by atoms with Crippen LogP contribution in [-0.4, -0.2) is 27.0 Å². The highest BCUT2D eigenvalue weighted by Crippen LogP contribution is 2.28. The Morgan fingerprint density at radius 2 is 1.96 bits per heavy atom. The minimum atomic E-state index is -3.73. The quantitative estimate of drug-likeness (QED) is 0.859. The summed E-state index contributed by atoms with van der Waals surface area (Å²) < 4.78 is 33.2. The molecular formula is C18H18N2O4S. The Hall–Kier alpha value is -2.54. The molecule has 1 heterocycles. The summed E-state index contributed by atoms with van der Waals surface area (Å²) >= 11 is 0. The van der Waals surface area contributed by atoms with Crippen LogP contribution in [0.4, 0.5) is 5.69 Å². The van der Waals surface area contributed by atoms with Crippen LogP contribution in [0.15, 0.2) is 47.4 Å². The molecule has 0 spiro atoms. The van der Waals surface area contributed by atoms with E-state index in [1.54, 1.807) is 36.4 Å². The Kier molecular flexibility index (Phi) is 3.88. The summed E-state index contributed by atoms with van der Waals surface area (Å²) in [5.74, 6) is 0.552. The second-order valence-electron chi connectivity index (χ2n) is 6.30. The van der Waals surface area contributed by atoms with Crippen LogP contribution in [-0.2, 0) is 16.4 Å². The molecule has 130 valence electrons. The molecule has 7 heteroatoms. The molecule has 4 rings (SSSR count). The van der Waals surface area contributed by atoms with Gasteiger partial charge in [-0.05, 0) is 54.8 Å². The van der Waals surface area contributed by atoms with Gasteiger partial charge in [0.1, 0.15) is 5.75 Å². The molecular weight excluding hydrogens is 340 g/mol. The average molecular weight is 358 g/mol.